The zero-order valence-electron chi connectivity index (χ0n) is 15.8. The summed E-state index contributed by atoms with van der Waals surface area (Å²) in [6.07, 6.45) is 5.05. The molecule has 1 saturated heterocycles. The predicted octanol–water partition coefficient (Wildman–Crippen LogP) is 4.36. The van der Waals surface area contributed by atoms with Gasteiger partial charge in [0.1, 0.15) is 19.0 Å². The highest BCUT2D eigenvalue weighted by Crippen LogP contribution is 2.39. The van der Waals surface area contributed by atoms with Gasteiger partial charge in [0.2, 0.25) is 0 Å². The zero-order valence-corrected chi connectivity index (χ0v) is 17.4. The molecule has 2 rings (SSSR count). The molecule has 1 aliphatic rings. The van der Waals surface area contributed by atoms with Crippen LogP contribution in [-0.2, 0) is 19.0 Å². The predicted molar refractivity (Wildman–Crippen MR) is 111 cm³/mol. The van der Waals surface area contributed by atoms with Crippen molar-refractivity contribution in [2.75, 3.05) is 45.4 Å². The molecule has 1 aromatic carbocycles. The molecule has 7 heteroatoms. The van der Waals surface area contributed by atoms with Gasteiger partial charge in [-0.2, -0.15) is 0 Å². The molecule has 1 aliphatic heterocycles. The molecule has 0 aliphatic carbocycles. The van der Waals surface area contributed by atoms with Crippen molar-refractivity contribution >= 4 is 27.6 Å². The molecule has 1 aromatic rings. The second-order valence-electron chi connectivity index (χ2n) is 6.18. The SMILES string of the molecule is O=C(CCCCC1CCSS1)OCCOCCOCCOc1ccccc1. The Bertz CT molecular complexity index is 494. The molecule has 5 nitrogen and oxygen atoms in total. The lowest BCUT2D eigenvalue weighted by atomic mass is 10.1. The number of benzene rings is 1. The largest absolute Gasteiger partial charge is 0.491 e. The van der Waals surface area contributed by atoms with Crippen LogP contribution in [0.1, 0.15) is 32.1 Å². The lowest BCUT2D eigenvalue weighted by molar-refractivity contribution is -0.145. The number of rotatable bonds is 15. The number of esters is 1. The molecule has 0 N–H and O–H groups in total. The highest BCUT2D eigenvalue weighted by atomic mass is 33.1. The minimum Gasteiger partial charge on any atom is -0.491 e. The molecule has 1 fully saturated rings. The van der Waals surface area contributed by atoms with E-state index in [2.05, 4.69) is 0 Å². The fraction of sp³-hybridized carbons (Fsp3) is 0.650. The van der Waals surface area contributed by atoms with E-state index in [9.17, 15) is 4.79 Å². The summed E-state index contributed by atoms with van der Waals surface area (Å²) in [4.78, 5) is 11.6. The average Bonchev–Trinajstić information content (AvgIpc) is 3.21. The van der Waals surface area contributed by atoms with Gasteiger partial charge in [0.05, 0.1) is 26.4 Å². The van der Waals surface area contributed by atoms with Crippen molar-refractivity contribution < 1.29 is 23.7 Å². The molecule has 1 heterocycles. The van der Waals surface area contributed by atoms with E-state index in [0.717, 1.165) is 23.8 Å². The summed E-state index contributed by atoms with van der Waals surface area (Å²) in [5.41, 5.74) is 0. The first-order chi connectivity index (χ1) is 13.3. The maximum Gasteiger partial charge on any atom is 0.305 e. The Labute approximate surface area is 170 Å². The molecular formula is C20H30O5S2. The van der Waals surface area contributed by atoms with Crippen molar-refractivity contribution in [1.29, 1.82) is 0 Å². The fourth-order valence-electron chi connectivity index (χ4n) is 2.55. The Morgan fingerprint density at radius 1 is 0.963 bits per heavy atom. The lowest BCUT2D eigenvalue weighted by Gasteiger charge is -2.09. The summed E-state index contributed by atoms with van der Waals surface area (Å²) in [5, 5.41) is 0.784. The molecule has 0 amide bonds. The van der Waals surface area contributed by atoms with Gasteiger partial charge in [-0.3, -0.25) is 4.79 Å². The quantitative estimate of drug-likeness (QED) is 0.240. The van der Waals surface area contributed by atoms with Crippen LogP contribution in [0.5, 0.6) is 5.75 Å². The van der Waals surface area contributed by atoms with Gasteiger partial charge < -0.3 is 18.9 Å². The molecule has 1 unspecified atom stereocenters. The van der Waals surface area contributed by atoms with Gasteiger partial charge in [0.25, 0.3) is 0 Å². The highest BCUT2D eigenvalue weighted by Gasteiger charge is 2.15. The molecular weight excluding hydrogens is 384 g/mol. The topological polar surface area (TPSA) is 54.0 Å². The van der Waals surface area contributed by atoms with Gasteiger partial charge in [-0.25, -0.2) is 0 Å². The Hall–Kier alpha value is -0.890. The third-order valence-electron chi connectivity index (χ3n) is 3.99. The number of carbonyl (C=O) groups excluding carboxylic acids is 1. The van der Waals surface area contributed by atoms with Gasteiger partial charge in [-0.1, -0.05) is 46.2 Å². The fourth-order valence-corrected chi connectivity index (χ4v) is 5.58. The molecule has 0 bridgehead atoms. The van der Waals surface area contributed by atoms with Gasteiger partial charge in [-0.05, 0) is 31.4 Å². The number of para-hydroxylation sites is 1. The zero-order chi connectivity index (χ0) is 19.0. The van der Waals surface area contributed by atoms with Crippen molar-refractivity contribution in [2.45, 2.75) is 37.4 Å². The summed E-state index contributed by atoms with van der Waals surface area (Å²) in [7, 11) is 3.96. The van der Waals surface area contributed by atoms with E-state index in [4.69, 9.17) is 18.9 Å². The van der Waals surface area contributed by atoms with Crippen LogP contribution < -0.4 is 4.74 Å². The van der Waals surface area contributed by atoms with Crippen LogP contribution in [0.2, 0.25) is 0 Å². The molecule has 0 spiro atoms. The summed E-state index contributed by atoms with van der Waals surface area (Å²) in [6.45, 7) is 2.74. The number of ether oxygens (including phenoxy) is 4. The Morgan fingerprint density at radius 3 is 2.44 bits per heavy atom. The van der Waals surface area contributed by atoms with Gasteiger partial charge >= 0.3 is 5.97 Å². The molecule has 0 radical (unpaired) electrons. The standard InChI is InChI=1S/C20H30O5S2/c21-20(9-5-4-8-19-10-17-26-27-19)25-16-14-23-12-11-22-13-15-24-18-6-2-1-3-7-18/h1-3,6-7,19H,4-5,8-17H2. The smallest absolute Gasteiger partial charge is 0.305 e. The number of hydrogen-bond acceptors (Lipinski definition) is 7. The second kappa shape index (κ2) is 15.1. The molecule has 0 aromatic heterocycles. The number of carbonyl (C=O) groups is 1. The van der Waals surface area contributed by atoms with Crippen LogP contribution in [0.4, 0.5) is 0 Å². The Balaban J connectivity index is 1.29. The first-order valence-electron chi connectivity index (χ1n) is 9.62. The number of hydrogen-bond donors (Lipinski definition) is 0. The summed E-state index contributed by atoms with van der Waals surface area (Å²) in [5.74, 6) is 1.99. The Morgan fingerprint density at radius 2 is 1.70 bits per heavy atom. The van der Waals surface area contributed by atoms with Crippen LogP contribution in [0.3, 0.4) is 0 Å². The maximum absolute atomic E-state index is 11.6. The number of unbranched alkanes of at least 4 members (excludes halogenated alkanes) is 1. The summed E-state index contributed by atoms with van der Waals surface area (Å²) >= 11 is 0. The van der Waals surface area contributed by atoms with E-state index in [1.807, 2.05) is 51.9 Å². The second-order valence-corrected chi connectivity index (χ2v) is 8.97. The van der Waals surface area contributed by atoms with E-state index < -0.39 is 0 Å². The van der Waals surface area contributed by atoms with Gasteiger partial charge in [0.15, 0.2) is 0 Å². The maximum atomic E-state index is 11.6. The van der Waals surface area contributed by atoms with Crippen LogP contribution in [0, 0.1) is 0 Å². The summed E-state index contributed by atoms with van der Waals surface area (Å²) < 4.78 is 21.5. The average molecular weight is 415 g/mol. The van der Waals surface area contributed by atoms with Crippen molar-refractivity contribution in [3.63, 3.8) is 0 Å². The normalized spacial score (nSPS) is 16.4. The summed E-state index contributed by atoms with van der Waals surface area (Å²) in [6, 6.07) is 9.65. The van der Waals surface area contributed by atoms with Crippen LogP contribution in [0.25, 0.3) is 0 Å². The van der Waals surface area contributed by atoms with Crippen molar-refractivity contribution in [3.8, 4) is 5.75 Å². The third kappa shape index (κ3) is 11.5. The van der Waals surface area contributed by atoms with E-state index in [0.29, 0.717) is 46.1 Å². The van der Waals surface area contributed by atoms with E-state index in [-0.39, 0.29) is 5.97 Å². The van der Waals surface area contributed by atoms with Gasteiger partial charge in [0, 0.05) is 17.4 Å². The monoisotopic (exact) mass is 414 g/mol. The first-order valence-corrected chi connectivity index (χ1v) is 12.0. The minimum atomic E-state index is -0.124. The molecule has 1 atom stereocenters. The van der Waals surface area contributed by atoms with Crippen molar-refractivity contribution in [1.82, 2.24) is 0 Å². The van der Waals surface area contributed by atoms with Crippen LogP contribution in [-0.4, -0.2) is 56.6 Å². The van der Waals surface area contributed by atoms with Crippen LogP contribution >= 0.6 is 21.6 Å². The van der Waals surface area contributed by atoms with Gasteiger partial charge in [-0.15, -0.1) is 0 Å². The van der Waals surface area contributed by atoms with E-state index in [1.54, 1.807) is 0 Å². The molecule has 152 valence electrons. The third-order valence-corrected chi connectivity index (χ3v) is 6.99. The lowest BCUT2D eigenvalue weighted by Crippen LogP contribution is -2.14. The van der Waals surface area contributed by atoms with Crippen molar-refractivity contribution in [3.05, 3.63) is 30.3 Å². The minimum absolute atomic E-state index is 0.124. The molecule has 0 saturated carbocycles. The van der Waals surface area contributed by atoms with E-state index >= 15 is 0 Å². The van der Waals surface area contributed by atoms with E-state index in [1.165, 1.54) is 18.6 Å². The van der Waals surface area contributed by atoms with Crippen molar-refractivity contribution in [2.24, 2.45) is 0 Å². The van der Waals surface area contributed by atoms with Crippen LogP contribution in [0.15, 0.2) is 30.3 Å². The molecule has 27 heavy (non-hydrogen) atoms. The Kier molecular flexibility index (Phi) is 12.5. The highest BCUT2D eigenvalue weighted by molar-refractivity contribution is 8.77. The first kappa shape index (κ1) is 22.4.